The van der Waals surface area contributed by atoms with Gasteiger partial charge in [0, 0.05) is 43.8 Å². The first kappa shape index (κ1) is 19.7. The van der Waals surface area contributed by atoms with Gasteiger partial charge in [-0.25, -0.2) is 4.98 Å². The van der Waals surface area contributed by atoms with Crippen LogP contribution in [0.1, 0.15) is 16.1 Å². The van der Waals surface area contributed by atoms with Crippen LogP contribution in [0.3, 0.4) is 0 Å². The second-order valence-electron chi connectivity index (χ2n) is 6.92. The van der Waals surface area contributed by atoms with Gasteiger partial charge in [0.2, 0.25) is 0 Å². The summed E-state index contributed by atoms with van der Waals surface area (Å²) in [4.78, 5) is 26.0. The van der Waals surface area contributed by atoms with Gasteiger partial charge in [0.05, 0.1) is 33.9 Å². The van der Waals surface area contributed by atoms with Crippen LogP contribution in [-0.4, -0.2) is 54.1 Å². The fourth-order valence-corrected chi connectivity index (χ4v) is 4.02. The highest BCUT2D eigenvalue weighted by atomic mass is 35.5. The van der Waals surface area contributed by atoms with Gasteiger partial charge in [0.25, 0.3) is 5.91 Å². The molecule has 0 radical (unpaired) electrons. The molecule has 2 aromatic heterocycles. The van der Waals surface area contributed by atoms with Gasteiger partial charge in [-0.05, 0) is 31.2 Å². The summed E-state index contributed by atoms with van der Waals surface area (Å²) in [6.07, 6.45) is 1.58. The van der Waals surface area contributed by atoms with Gasteiger partial charge in [-0.3, -0.25) is 9.78 Å². The van der Waals surface area contributed by atoms with Crippen molar-refractivity contribution in [3.63, 3.8) is 0 Å². The van der Waals surface area contributed by atoms with E-state index in [0.29, 0.717) is 53.3 Å². The number of amides is 1. The van der Waals surface area contributed by atoms with Crippen molar-refractivity contribution in [2.75, 3.05) is 38.2 Å². The number of methoxy groups -OCH3 is 1. The van der Waals surface area contributed by atoms with Gasteiger partial charge in [0.15, 0.2) is 0 Å². The topological polar surface area (TPSA) is 58.6 Å². The molecule has 150 valence electrons. The molecule has 1 fully saturated rings. The Morgan fingerprint density at radius 2 is 1.86 bits per heavy atom. The Balaban J connectivity index is 1.51. The Kier molecular flexibility index (Phi) is 5.48. The molecule has 1 saturated heterocycles. The third kappa shape index (κ3) is 3.95. The van der Waals surface area contributed by atoms with E-state index >= 15 is 0 Å². The zero-order valence-electron chi connectivity index (χ0n) is 16.2. The molecule has 6 nitrogen and oxygen atoms in total. The van der Waals surface area contributed by atoms with E-state index < -0.39 is 0 Å². The van der Waals surface area contributed by atoms with Crippen molar-refractivity contribution in [1.29, 1.82) is 0 Å². The lowest BCUT2D eigenvalue weighted by atomic mass is 10.1. The number of hydrogen-bond donors (Lipinski definition) is 0. The van der Waals surface area contributed by atoms with E-state index in [-0.39, 0.29) is 5.91 Å². The fourth-order valence-electron chi connectivity index (χ4n) is 3.52. The number of hydrogen-bond acceptors (Lipinski definition) is 5. The van der Waals surface area contributed by atoms with Gasteiger partial charge in [0.1, 0.15) is 11.6 Å². The molecule has 0 aliphatic carbocycles. The molecular formula is C21H20Cl2N4O2. The second-order valence-corrected chi connectivity index (χ2v) is 7.76. The molecule has 0 unspecified atom stereocenters. The Morgan fingerprint density at radius 1 is 1.10 bits per heavy atom. The molecule has 0 saturated carbocycles. The monoisotopic (exact) mass is 430 g/mol. The second kappa shape index (κ2) is 8.05. The summed E-state index contributed by atoms with van der Waals surface area (Å²) in [5.74, 6) is 1.43. The normalized spacial score (nSPS) is 14.3. The third-order valence-corrected chi connectivity index (χ3v) is 5.59. The molecule has 0 spiro atoms. The maximum Gasteiger partial charge on any atom is 0.255 e. The number of aryl methyl sites for hydroxylation is 1. The van der Waals surface area contributed by atoms with Crippen LogP contribution in [-0.2, 0) is 0 Å². The lowest BCUT2D eigenvalue weighted by Crippen LogP contribution is -2.49. The number of benzene rings is 1. The summed E-state index contributed by atoms with van der Waals surface area (Å²) >= 11 is 12.2. The number of anilines is 1. The van der Waals surface area contributed by atoms with Crippen LogP contribution in [0.5, 0.6) is 5.75 Å². The largest absolute Gasteiger partial charge is 0.497 e. The lowest BCUT2D eigenvalue weighted by Gasteiger charge is -2.36. The van der Waals surface area contributed by atoms with Crippen LogP contribution in [0.2, 0.25) is 10.0 Å². The number of pyridine rings is 2. The minimum atomic E-state index is -0.0115. The highest BCUT2D eigenvalue weighted by Crippen LogP contribution is 2.27. The zero-order chi connectivity index (χ0) is 20.5. The first-order valence-corrected chi connectivity index (χ1v) is 10.0. The van der Waals surface area contributed by atoms with Crippen molar-refractivity contribution in [2.24, 2.45) is 0 Å². The van der Waals surface area contributed by atoms with E-state index in [1.807, 2.05) is 36.1 Å². The average Bonchev–Trinajstić information content (AvgIpc) is 2.72. The number of carbonyl (C=O) groups is 1. The van der Waals surface area contributed by atoms with E-state index in [9.17, 15) is 4.79 Å². The number of rotatable bonds is 3. The Bertz CT molecular complexity index is 1080. The Labute approximate surface area is 179 Å². The molecule has 4 rings (SSSR count). The van der Waals surface area contributed by atoms with Gasteiger partial charge < -0.3 is 14.5 Å². The van der Waals surface area contributed by atoms with Crippen molar-refractivity contribution in [1.82, 2.24) is 14.9 Å². The van der Waals surface area contributed by atoms with E-state index in [4.69, 9.17) is 27.9 Å². The standard InChI is InChI=1S/C21H20Cl2N4O2/c1-13-17(9-14-3-4-16(29-2)11-19(14)25-13)21(28)27-7-5-26(6-8-27)20-18(23)10-15(22)12-24-20/h3-4,9-12H,5-8H2,1-2H3. The van der Waals surface area contributed by atoms with Gasteiger partial charge in [-0.15, -0.1) is 0 Å². The Hall–Kier alpha value is -2.57. The van der Waals surface area contributed by atoms with Crippen molar-refractivity contribution < 1.29 is 9.53 Å². The minimum absolute atomic E-state index is 0.0115. The molecule has 1 amide bonds. The first-order chi connectivity index (χ1) is 14.0. The van der Waals surface area contributed by atoms with Gasteiger partial charge in [-0.2, -0.15) is 0 Å². The minimum Gasteiger partial charge on any atom is -0.497 e. The van der Waals surface area contributed by atoms with Crippen molar-refractivity contribution in [2.45, 2.75) is 6.92 Å². The molecule has 0 bridgehead atoms. The van der Waals surface area contributed by atoms with Crippen LogP contribution in [0.25, 0.3) is 10.9 Å². The smallest absolute Gasteiger partial charge is 0.255 e. The lowest BCUT2D eigenvalue weighted by molar-refractivity contribution is 0.0745. The summed E-state index contributed by atoms with van der Waals surface area (Å²) in [6.45, 7) is 4.33. The van der Waals surface area contributed by atoms with Gasteiger partial charge in [-0.1, -0.05) is 23.2 Å². The SMILES string of the molecule is COc1ccc2cc(C(=O)N3CCN(c4ncc(Cl)cc4Cl)CC3)c(C)nc2c1. The molecule has 29 heavy (non-hydrogen) atoms. The molecule has 3 heterocycles. The number of piperazine rings is 1. The van der Waals surface area contributed by atoms with E-state index in [1.165, 1.54) is 0 Å². The maximum atomic E-state index is 13.1. The van der Waals surface area contributed by atoms with E-state index in [2.05, 4.69) is 14.9 Å². The number of carbonyl (C=O) groups excluding carboxylic acids is 1. The maximum absolute atomic E-state index is 13.1. The molecule has 3 aromatic rings. The summed E-state index contributed by atoms with van der Waals surface area (Å²) in [5.41, 5.74) is 2.14. The summed E-state index contributed by atoms with van der Waals surface area (Å²) in [6, 6.07) is 9.25. The quantitative estimate of drug-likeness (QED) is 0.622. The summed E-state index contributed by atoms with van der Waals surface area (Å²) in [7, 11) is 1.62. The number of ether oxygens (including phenoxy) is 1. The fraction of sp³-hybridized carbons (Fsp3) is 0.286. The number of halogens is 2. The van der Waals surface area contributed by atoms with Crippen LogP contribution in [0.15, 0.2) is 36.5 Å². The summed E-state index contributed by atoms with van der Waals surface area (Å²) < 4.78 is 5.25. The van der Waals surface area contributed by atoms with Crippen LogP contribution < -0.4 is 9.64 Å². The van der Waals surface area contributed by atoms with E-state index in [1.54, 1.807) is 19.4 Å². The number of fused-ring (bicyclic) bond motifs is 1. The first-order valence-electron chi connectivity index (χ1n) is 9.27. The highest BCUT2D eigenvalue weighted by molar-refractivity contribution is 6.36. The van der Waals surface area contributed by atoms with E-state index in [0.717, 1.165) is 16.7 Å². The average molecular weight is 431 g/mol. The third-order valence-electron chi connectivity index (χ3n) is 5.10. The zero-order valence-corrected chi connectivity index (χ0v) is 17.7. The van der Waals surface area contributed by atoms with Gasteiger partial charge >= 0.3 is 0 Å². The predicted molar refractivity (Wildman–Crippen MR) is 115 cm³/mol. The highest BCUT2D eigenvalue weighted by Gasteiger charge is 2.25. The molecule has 8 heteroatoms. The summed E-state index contributed by atoms with van der Waals surface area (Å²) in [5, 5.41) is 1.93. The van der Waals surface area contributed by atoms with Crippen LogP contribution >= 0.6 is 23.2 Å². The molecule has 1 aliphatic rings. The van der Waals surface area contributed by atoms with Crippen LogP contribution in [0, 0.1) is 6.92 Å². The molecule has 1 aromatic carbocycles. The Morgan fingerprint density at radius 3 is 2.55 bits per heavy atom. The molecule has 1 aliphatic heterocycles. The predicted octanol–water partition coefficient (Wildman–Crippen LogP) is 4.22. The van der Waals surface area contributed by atoms with Crippen molar-refractivity contribution in [3.8, 4) is 5.75 Å². The van der Waals surface area contributed by atoms with Crippen molar-refractivity contribution in [3.05, 3.63) is 57.8 Å². The molecule has 0 atom stereocenters. The molecule has 0 N–H and O–H groups in total. The number of nitrogens with zero attached hydrogens (tertiary/aromatic N) is 4. The van der Waals surface area contributed by atoms with Crippen molar-refractivity contribution >= 4 is 45.8 Å². The molecular weight excluding hydrogens is 411 g/mol. The van der Waals surface area contributed by atoms with Crippen LogP contribution in [0.4, 0.5) is 5.82 Å². The number of aromatic nitrogens is 2.